The lowest BCUT2D eigenvalue weighted by Crippen LogP contribution is -2.30. The van der Waals surface area contributed by atoms with E-state index < -0.39 is 16.5 Å². The molecular weight excluding hydrogens is 377 g/mol. The minimum absolute atomic E-state index is 0.298. The fraction of sp³-hybridized carbons (Fsp3) is 0.0667. The van der Waals surface area contributed by atoms with E-state index in [1.165, 1.54) is 0 Å². The van der Waals surface area contributed by atoms with Crippen LogP contribution in [0.1, 0.15) is 10.4 Å². The first-order valence-electron chi connectivity index (χ1n) is 5.98. The zero-order chi connectivity index (χ0) is 15.4. The van der Waals surface area contributed by atoms with Crippen molar-refractivity contribution in [1.82, 2.24) is 0 Å². The molecule has 1 atom stereocenters. The molecule has 108 valence electrons. The predicted molar refractivity (Wildman–Crippen MR) is 88.6 cm³/mol. The first-order chi connectivity index (χ1) is 9.99. The summed E-state index contributed by atoms with van der Waals surface area (Å²) in [6, 6.07) is 13.2. The maximum atomic E-state index is 12.2. The van der Waals surface area contributed by atoms with E-state index in [1.54, 1.807) is 48.5 Å². The first kappa shape index (κ1) is 16.0. The first-order valence-corrected chi connectivity index (χ1v) is 7.65. The Balaban J connectivity index is 2.10. The van der Waals surface area contributed by atoms with Gasteiger partial charge in [-0.1, -0.05) is 51.3 Å². The monoisotopic (exact) mass is 385 g/mol. The van der Waals surface area contributed by atoms with Crippen molar-refractivity contribution in [1.29, 1.82) is 0 Å². The summed E-state index contributed by atoms with van der Waals surface area (Å²) in [6.07, 6.45) is 0. The summed E-state index contributed by atoms with van der Waals surface area (Å²) in [6.45, 7) is 0. The zero-order valence-corrected chi connectivity index (χ0v) is 13.7. The zero-order valence-electron chi connectivity index (χ0n) is 10.6. The van der Waals surface area contributed by atoms with Crippen molar-refractivity contribution in [3.05, 3.63) is 64.1 Å². The van der Waals surface area contributed by atoms with Crippen LogP contribution in [0.15, 0.2) is 48.5 Å². The number of Topliss-reactive ketones (excluding diaryl/α,β-unsaturated/α-hetero) is 1. The predicted octanol–water partition coefficient (Wildman–Crippen LogP) is 4.58. The summed E-state index contributed by atoms with van der Waals surface area (Å²) in [5.41, 5.74) is 0.855. The largest absolute Gasteiger partial charge is 0.325 e. The van der Waals surface area contributed by atoms with Gasteiger partial charge in [0.1, 0.15) is 0 Å². The van der Waals surface area contributed by atoms with E-state index in [2.05, 4.69) is 21.2 Å². The average molecular weight is 387 g/mol. The molecule has 0 bridgehead atoms. The number of amides is 1. The molecule has 0 saturated heterocycles. The lowest BCUT2D eigenvalue weighted by Gasteiger charge is -2.11. The standard InChI is InChI=1S/C15H10BrCl2NO2/c16-13(14(20)11-3-1-2-4-12(11)18)15(21)19-10-7-5-9(17)6-8-10/h1-8,13H,(H,19,21). The fourth-order valence-corrected chi connectivity index (χ4v) is 2.37. The van der Waals surface area contributed by atoms with Crippen LogP contribution in [-0.4, -0.2) is 16.5 Å². The summed E-state index contributed by atoms with van der Waals surface area (Å²) in [5, 5.41) is 3.51. The van der Waals surface area contributed by atoms with Crippen LogP contribution >= 0.6 is 39.1 Å². The van der Waals surface area contributed by atoms with Gasteiger partial charge in [-0.2, -0.15) is 0 Å². The van der Waals surface area contributed by atoms with Crippen molar-refractivity contribution in [2.45, 2.75) is 4.83 Å². The molecule has 0 saturated carbocycles. The normalized spacial score (nSPS) is 11.8. The highest BCUT2D eigenvalue weighted by Crippen LogP contribution is 2.21. The third kappa shape index (κ3) is 4.06. The van der Waals surface area contributed by atoms with Crippen molar-refractivity contribution in [2.75, 3.05) is 5.32 Å². The Bertz CT molecular complexity index is 674. The highest BCUT2D eigenvalue weighted by atomic mass is 79.9. The number of alkyl halides is 1. The van der Waals surface area contributed by atoms with Crippen molar-refractivity contribution in [3.63, 3.8) is 0 Å². The van der Waals surface area contributed by atoms with E-state index in [4.69, 9.17) is 23.2 Å². The summed E-state index contributed by atoms with van der Waals surface area (Å²) in [5.74, 6) is -0.866. The summed E-state index contributed by atoms with van der Waals surface area (Å²) in [4.78, 5) is 23.3. The fourth-order valence-electron chi connectivity index (χ4n) is 1.66. The highest BCUT2D eigenvalue weighted by molar-refractivity contribution is 9.10. The van der Waals surface area contributed by atoms with Crippen molar-refractivity contribution in [3.8, 4) is 0 Å². The van der Waals surface area contributed by atoms with Gasteiger partial charge in [-0.05, 0) is 36.4 Å². The van der Waals surface area contributed by atoms with Gasteiger partial charge in [0.2, 0.25) is 5.91 Å². The van der Waals surface area contributed by atoms with Crippen LogP contribution < -0.4 is 5.32 Å². The number of halogens is 3. The molecule has 2 aromatic carbocycles. The minimum Gasteiger partial charge on any atom is -0.325 e. The van der Waals surface area contributed by atoms with E-state index in [0.29, 0.717) is 21.3 Å². The smallest absolute Gasteiger partial charge is 0.246 e. The van der Waals surface area contributed by atoms with Crippen LogP contribution in [-0.2, 0) is 4.79 Å². The molecule has 6 heteroatoms. The third-order valence-electron chi connectivity index (χ3n) is 2.71. The molecule has 2 rings (SSSR count). The summed E-state index contributed by atoms with van der Waals surface area (Å²) < 4.78 is 0. The molecule has 21 heavy (non-hydrogen) atoms. The van der Waals surface area contributed by atoms with Gasteiger partial charge in [0.25, 0.3) is 0 Å². The molecule has 0 radical (unpaired) electrons. The van der Waals surface area contributed by atoms with Crippen LogP contribution in [0, 0.1) is 0 Å². The van der Waals surface area contributed by atoms with Crippen LogP contribution in [0.25, 0.3) is 0 Å². The van der Waals surface area contributed by atoms with Crippen molar-refractivity contribution >= 4 is 56.5 Å². The van der Waals surface area contributed by atoms with Gasteiger partial charge in [0, 0.05) is 16.3 Å². The lowest BCUT2D eigenvalue weighted by atomic mass is 10.1. The Morgan fingerprint density at radius 2 is 1.62 bits per heavy atom. The van der Waals surface area contributed by atoms with E-state index >= 15 is 0 Å². The number of hydrogen-bond donors (Lipinski definition) is 1. The van der Waals surface area contributed by atoms with Gasteiger partial charge in [0.15, 0.2) is 10.6 Å². The number of carbonyl (C=O) groups excluding carboxylic acids is 2. The second kappa shape index (κ2) is 7.07. The molecule has 3 nitrogen and oxygen atoms in total. The van der Waals surface area contributed by atoms with E-state index in [-0.39, 0.29) is 0 Å². The van der Waals surface area contributed by atoms with Crippen molar-refractivity contribution in [2.24, 2.45) is 0 Å². The van der Waals surface area contributed by atoms with Crippen LogP contribution in [0.3, 0.4) is 0 Å². The average Bonchev–Trinajstić information content (AvgIpc) is 2.48. The molecule has 0 aromatic heterocycles. The maximum absolute atomic E-state index is 12.2. The number of carbonyl (C=O) groups is 2. The molecule has 0 aliphatic carbocycles. The summed E-state index contributed by atoms with van der Waals surface area (Å²) in [7, 11) is 0. The van der Waals surface area contributed by atoms with E-state index in [9.17, 15) is 9.59 Å². The number of benzene rings is 2. The molecule has 0 fully saturated rings. The van der Waals surface area contributed by atoms with Gasteiger partial charge in [0.05, 0.1) is 5.02 Å². The molecule has 1 amide bonds. The molecular formula is C15H10BrCl2NO2. The number of ketones is 1. The number of anilines is 1. The molecule has 0 aliphatic rings. The van der Waals surface area contributed by atoms with Gasteiger partial charge in [-0.25, -0.2) is 0 Å². The SMILES string of the molecule is O=C(Nc1ccc(Cl)cc1)C(Br)C(=O)c1ccccc1Cl. The lowest BCUT2D eigenvalue weighted by molar-refractivity contribution is -0.114. The van der Waals surface area contributed by atoms with Gasteiger partial charge < -0.3 is 5.32 Å². The topological polar surface area (TPSA) is 46.2 Å². The number of hydrogen-bond acceptors (Lipinski definition) is 2. The van der Waals surface area contributed by atoms with Crippen LogP contribution in [0.4, 0.5) is 5.69 Å². The van der Waals surface area contributed by atoms with Crippen LogP contribution in [0.2, 0.25) is 10.0 Å². The van der Waals surface area contributed by atoms with Gasteiger partial charge in [-0.15, -0.1) is 0 Å². The van der Waals surface area contributed by atoms with E-state index in [0.717, 1.165) is 0 Å². The molecule has 2 aromatic rings. The second-order valence-electron chi connectivity index (χ2n) is 4.20. The Morgan fingerprint density at radius 3 is 2.24 bits per heavy atom. The quantitative estimate of drug-likeness (QED) is 0.475. The second-order valence-corrected chi connectivity index (χ2v) is 5.96. The van der Waals surface area contributed by atoms with Crippen molar-refractivity contribution < 1.29 is 9.59 Å². The van der Waals surface area contributed by atoms with Gasteiger partial charge >= 0.3 is 0 Å². The minimum atomic E-state index is -1.02. The van der Waals surface area contributed by atoms with E-state index in [1.807, 2.05) is 0 Å². The molecule has 0 spiro atoms. The Labute approximate surface area is 140 Å². The number of nitrogens with one attached hydrogen (secondary N) is 1. The molecule has 0 aliphatic heterocycles. The molecule has 1 N–H and O–H groups in total. The van der Waals surface area contributed by atoms with Crippen LogP contribution in [0.5, 0.6) is 0 Å². The molecule has 1 unspecified atom stereocenters. The third-order valence-corrected chi connectivity index (χ3v) is 4.12. The Morgan fingerprint density at radius 1 is 1.00 bits per heavy atom. The number of rotatable bonds is 4. The Hall–Kier alpha value is -1.36. The highest BCUT2D eigenvalue weighted by Gasteiger charge is 2.26. The summed E-state index contributed by atoms with van der Waals surface area (Å²) >= 11 is 14.8. The molecule has 0 heterocycles. The van der Waals surface area contributed by atoms with Gasteiger partial charge in [-0.3, -0.25) is 9.59 Å². The Kier molecular flexibility index (Phi) is 5.39. The maximum Gasteiger partial charge on any atom is 0.246 e.